The van der Waals surface area contributed by atoms with Crippen LogP contribution >= 0.6 is 0 Å². The van der Waals surface area contributed by atoms with Crippen molar-refractivity contribution in [2.75, 3.05) is 39.8 Å². The summed E-state index contributed by atoms with van der Waals surface area (Å²) in [6.45, 7) is -5.53. The normalized spacial score (nSPS) is 15.2. The summed E-state index contributed by atoms with van der Waals surface area (Å²) in [5.74, 6) is 0. The lowest BCUT2D eigenvalue weighted by atomic mass is 10.3. The Morgan fingerprint density at radius 3 is 0.950 bits per heavy atom. The molecule has 0 fully saturated rings. The summed E-state index contributed by atoms with van der Waals surface area (Å²) in [7, 11) is -19.4. The van der Waals surface area contributed by atoms with Crippen molar-refractivity contribution in [3.8, 4) is 0 Å². The lowest BCUT2D eigenvalue weighted by Gasteiger charge is -2.12. The van der Waals surface area contributed by atoms with Gasteiger partial charge in [0.05, 0.1) is 26.4 Å². The Hall–Kier alpha value is -0.920. The van der Waals surface area contributed by atoms with E-state index in [0.29, 0.717) is 0 Å². The highest BCUT2D eigenvalue weighted by molar-refractivity contribution is 7.88. The summed E-state index contributed by atoms with van der Waals surface area (Å²) in [5, 5.41) is -8.12. The third-order valence-electron chi connectivity index (χ3n) is 3.80. The molecule has 0 saturated carbocycles. The van der Waals surface area contributed by atoms with E-state index in [1.807, 2.05) is 0 Å². The van der Waals surface area contributed by atoms with Crippen molar-refractivity contribution in [3.05, 3.63) is 0 Å². The Kier molecular flexibility index (Phi) is 17.8. The minimum absolute atomic E-state index is 0.0691. The summed E-state index contributed by atoms with van der Waals surface area (Å²) < 4.78 is 201. The third-order valence-corrected chi connectivity index (χ3v) is 9.00. The Morgan fingerprint density at radius 2 is 0.750 bits per heavy atom. The number of unbranched alkanes of at least 4 members (excludes halogenated alkanes) is 2. The Bertz CT molecular complexity index is 1060. The summed E-state index contributed by atoms with van der Waals surface area (Å²) in [4.78, 5) is 0. The van der Waals surface area contributed by atoms with Gasteiger partial charge in [-0.3, -0.25) is 16.7 Å². The van der Waals surface area contributed by atoms with Crippen molar-refractivity contribution in [1.82, 2.24) is 0 Å². The molecule has 0 aliphatic rings. The van der Waals surface area contributed by atoms with Crippen LogP contribution in [-0.4, -0.2) is 95.0 Å². The van der Waals surface area contributed by atoms with Gasteiger partial charge in [0.25, 0.3) is 11.0 Å². The molecule has 0 N–H and O–H groups in total. The van der Waals surface area contributed by atoms with Gasteiger partial charge in [-0.1, -0.05) is 0 Å². The average Bonchev–Trinajstić information content (AvgIpc) is 2.81. The molecule has 0 amide bonds. The van der Waals surface area contributed by atoms with Crippen LogP contribution in [0.3, 0.4) is 0 Å². The largest absolute Gasteiger partial charge is 0.367 e. The molecule has 2 unspecified atom stereocenters. The number of rotatable bonds is 20. The van der Waals surface area contributed by atoms with E-state index in [9.17, 15) is 68.8 Å². The number of hydrogen-bond donors (Lipinski definition) is 0. The lowest BCUT2D eigenvalue weighted by molar-refractivity contribution is 0.0895. The molecule has 24 heteroatoms. The van der Waals surface area contributed by atoms with Gasteiger partial charge in [0.1, 0.15) is 13.3 Å². The van der Waals surface area contributed by atoms with Gasteiger partial charge in [-0.15, -0.1) is 0 Å². The Labute approximate surface area is 226 Å². The maximum atomic E-state index is 12.5. The van der Waals surface area contributed by atoms with Gasteiger partial charge in [-0.05, 0) is 25.7 Å². The molecule has 0 rings (SSSR count). The molecule has 0 aromatic carbocycles. The fourth-order valence-electron chi connectivity index (χ4n) is 1.60. The summed E-state index contributed by atoms with van der Waals surface area (Å²) in [6.07, 6.45) is -0.471. The molecule has 244 valence electrons. The van der Waals surface area contributed by atoms with Gasteiger partial charge in [-0.25, -0.2) is 17.6 Å². The van der Waals surface area contributed by atoms with Crippen LogP contribution in [0.2, 0.25) is 0 Å². The first kappa shape index (κ1) is 41.2. The average molecular weight is 693 g/mol. The quantitative estimate of drug-likeness (QED) is 0.104. The van der Waals surface area contributed by atoms with E-state index in [2.05, 4.69) is 16.7 Å². The molecule has 0 aromatic rings. The van der Waals surface area contributed by atoms with Crippen LogP contribution in [0.15, 0.2) is 0 Å². The zero-order valence-electron chi connectivity index (χ0n) is 20.8. The molecule has 0 bridgehead atoms. The molecule has 0 spiro atoms. The molecule has 0 aliphatic heterocycles. The monoisotopic (exact) mass is 692 g/mol. The van der Waals surface area contributed by atoms with Crippen LogP contribution in [0.1, 0.15) is 39.5 Å². The zero-order chi connectivity index (χ0) is 32.1. The fraction of sp³-hybridized carbons (Fsp3) is 1.00. The summed E-state index contributed by atoms with van der Waals surface area (Å²) >= 11 is 0. The molecule has 40 heavy (non-hydrogen) atoms. The standard InChI is InChI=1S/2C8H14F4O6S2/c1-7(9,10)19(13,14)17-5-3-4-6-18-20(15,16)8(2,11)12;9-5-7(11)19(13,14)17-3-1-2-4-18-20(15,16)8(12)6-10/h3-6H2,1-2H3;7-8H,1-6H2. The van der Waals surface area contributed by atoms with Gasteiger partial charge >= 0.3 is 51.0 Å². The first-order valence-electron chi connectivity index (χ1n) is 10.6. The van der Waals surface area contributed by atoms with Crippen LogP contribution in [0.4, 0.5) is 35.1 Å². The van der Waals surface area contributed by atoms with E-state index in [-0.39, 0.29) is 39.5 Å². The summed E-state index contributed by atoms with van der Waals surface area (Å²) in [6, 6.07) is 0. The van der Waals surface area contributed by atoms with Crippen molar-refractivity contribution < 1.29 is 85.5 Å². The van der Waals surface area contributed by atoms with Crippen LogP contribution in [0, 0.1) is 0 Å². The SMILES string of the molecule is CC(F)(F)S(=O)(=O)OCCCCOS(=O)(=O)C(C)(F)F.O=S(=O)(OCCCCOS(=O)(=O)C(F)CF)C(F)CF. The third kappa shape index (κ3) is 15.9. The molecule has 2 atom stereocenters. The minimum Gasteiger partial charge on any atom is -0.268 e. The van der Waals surface area contributed by atoms with Crippen molar-refractivity contribution in [2.45, 2.75) is 61.0 Å². The van der Waals surface area contributed by atoms with Gasteiger partial charge in [0, 0.05) is 13.8 Å². The maximum absolute atomic E-state index is 12.5. The van der Waals surface area contributed by atoms with Crippen molar-refractivity contribution in [2.24, 2.45) is 0 Å². The van der Waals surface area contributed by atoms with Crippen molar-refractivity contribution in [3.63, 3.8) is 0 Å². The molecular formula is C16H28F8O12S4. The molecule has 0 heterocycles. The van der Waals surface area contributed by atoms with Gasteiger partial charge in [0.2, 0.25) is 0 Å². The van der Waals surface area contributed by atoms with Crippen LogP contribution in [0.25, 0.3) is 0 Å². The van der Waals surface area contributed by atoms with Crippen molar-refractivity contribution in [1.29, 1.82) is 0 Å². The molecule has 0 saturated heterocycles. The van der Waals surface area contributed by atoms with Crippen LogP contribution in [0.5, 0.6) is 0 Å². The highest BCUT2D eigenvalue weighted by Gasteiger charge is 2.41. The molecule has 0 radical (unpaired) electrons. The number of alkyl halides is 8. The zero-order valence-corrected chi connectivity index (χ0v) is 24.0. The topological polar surface area (TPSA) is 173 Å². The van der Waals surface area contributed by atoms with Gasteiger partial charge in [0.15, 0.2) is 0 Å². The lowest BCUT2D eigenvalue weighted by Crippen LogP contribution is -2.28. The van der Waals surface area contributed by atoms with Gasteiger partial charge < -0.3 is 0 Å². The smallest absolute Gasteiger partial charge is 0.268 e. The second kappa shape index (κ2) is 17.3. The van der Waals surface area contributed by atoms with Crippen LogP contribution < -0.4 is 0 Å². The second-order valence-electron chi connectivity index (χ2n) is 7.34. The summed E-state index contributed by atoms with van der Waals surface area (Å²) in [5.41, 5.74) is -5.56. The highest BCUT2D eigenvalue weighted by atomic mass is 32.2. The highest BCUT2D eigenvalue weighted by Crippen LogP contribution is 2.23. The predicted molar refractivity (Wildman–Crippen MR) is 121 cm³/mol. The Balaban J connectivity index is 0. The maximum Gasteiger partial charge on any atom is 0.367 e. The first-order chi connectivity index (χ1) is 17.9. The Morgan fingerprint density at radius 1 is 0.525 bits per heavy atom. The fourth-order valence-corrected chi connectivity index (χ4v) is 4.00. The van der Waals surface area contributed by atoms with E-state index in [0.717, 1.165) is 0 Å². The van der Waals surface area contributed by atoms with Crippen molar-refractivity contribution >= 4 is 40.5 Å². The van der Waals surface area contributed by atoms with E-state index in [1.54, 1.807) is 0 Å². The molecule has 0 aliphatic carbocycles. The molecular weight excluding hydrogens is 664 g/mol. The van der Waals surface area contributed by atoms with E-state index in [1.165, 1.54) is 0 Å². The molecule has 0 aromatic heterocycles. The van der Waals surface area contributed by atoms with Crippen LogP contribution in [-0.2, 0) is 57.2 Å². The van der Waals surface area contributed by atoms with E-state index in [4.69, 9.17) is 0 Å². The number of halogens is 8. The van der Waals surface area contributed by atoms with E-state index >= 15 is 0 Å². The minimum atomic E-state index is -5.05. The second-order valence-corrected chi connectivity index (χ2v) is 14.5. The first-order valence-corrected chi connectivity index (χ1v) is 16.3. The van der Waals surface area contributed by atoms with E-state index < -0.39 is 102 Å². The molecule has 12 nitrogen and oxygen atoms in total. The number of hydrogen-bond acceptors (Lipinski definition) is 12. The predicted octanol–water partition coefficient (Wildman–Crippen LogP) is 2.67. The van der Waals surface area contributed by atoms with Gasteiger partial charge in [-0.2, -0.15) is 51.2 Å².